The lowest BCUT2D eigenvalue weighted by Crippen LogP contribution is -2.31. The molecule has 0 aliphatic heterocycles. The number of nitrogens with zero attached hydrogens (tertiary/aromatic N) is 2. The van der Waals surface area contributed by atoms with Gasteiger partial charge in [-0.2, -0.15) is 5.10 Å². The van der Waals surface area contributed by atoms with Gasteiger partial charge in [0, 0.05) is 28.9 Å². The number of thiocarbonyl (C=S) groups is 1. The Labute approximate surface area is 145 Å². The molecule has 22 heavy (non-hydrogen) atoms. The third kappa shape index (κ3) is 5.16. The summed E-state index contributed by atoms with van der Waals surface area (Å²) in [5, 5.41) is 12.5. The molecule has 0 amide bonds. The molecule has 2 N–H and O–H groups in total. The lowest BCUT2D eigenvalue weighted by atomic mass is 10.2. The van der Waals surface area contributed by atoms with Crippen molar-refractivity contribution >= 4 is 46.4 Å². The van der Waals surface area contributed by atoms with Crippen LogP contribution in [0.4, 0.5) is 5.82 Å². The van der Waals surface area contributed by atoms with E-state index in [-0.39, 0.29) is 0 Å². The quantitative estimate of drug-likeness (QED) is 0.788. The summed E-state index contributed by atoms with van der Waals surface area (Å²) >= 11 is 17.3. The van der Waals surface area contributed by atoms with Crippen molar-refractivity contribution in [1.82, 2.24) is 15.1 Å². The van der Waals surface area contributed by atoms with Crippen molar-refractivity contribution in [3.63, 3.8) is 0 Å². The average molecular weight is 357 g/mol. The minimum absolute atomic E-state index is 0.532. The van der Waals surface area contributed by atoms with Crippen molar-refractivity contribution in [3.8, 4) is 0 Å². The van der Waals surface area contributed by atoms with Crippen LogP contribution in [0.25, 0.3) is 0 Å². The largest absolute Gasteiger partial charge is 0.362 e. The Bertz CT molecular complexity index is 655. The lowest BCUT2D eigenvalue weighted by Gasteiger charge is -2.10. The molecule has 0 unspecified atom stereocenters. The monoisotopic (exact) mass is 356 g/mol. The van der Waals surface area contributed by atoms with Crippen LogP contribution < -0.4 is 10.6 Å². The van der Waals surface area contributed by atoms with Gasteiger partial charge in [0.25, 0.3) is 0 Å². The molecule has 0 spiro atoms. The van der Waals surface area contributed by atoms with Crippen LogP contribution in [-0.4, -0.2) is 21.4 Å². The van der Waals surface area contributed by atoms with E-state index >= 15 is 0 Å². The first-order chi connectivity index (χ1) is 10.4. The Morgan fingerprint density at radius 3 is 2.77 bits per heavy atom. The summed E-state index contributed by atoms with van der Waals surface area (Å²) in [6.07, 6.45) is 1.87. The third-order valence-electron chi connectivity index (χ3n) is 2.90. The molecule has 0 saturated heterocycles. The van der Waals surface area contributed by atoms with E-state index in [4.69, 9.17) is 35.4 Å². The van der Waals surface area contributed by atoms with Crippen molar-refractivity contribution in [2.45, 2.75) is 20.4 Å². The first-order valence-corrected chi connectivity index (χ1v) is 8.12. The molecular formula is C15H18Cl2N4S. The van der Waals surface area contributed by atoms with Crippen LogP contribution in [0, 0.1) is 5.92 Å². The van der Waals surface area contributed by atoms with Crippen LogP contribution in [0.1, 0.15) is 19.4 Å². The Kier molecular flexibility index (Phi) is 6.06. The fraction of sp³-hybridized carbons (Fsp3) is 0.333. The lowest BCUT2D eigenvalue weighted by molar-refractivity contribution is 0.627. The van der Waals surface area contributed by atoms with Crippen molar-refractivity contribution in [3.05, 3.63) is 46.1 Å². The second-order valence-corrected chi connectivity index (χ2v) is 6.62. The Morgan fingerprint density at radius 2 is 2.09 bits per heavy atom. The van der Waals surface area contributed by atoms with Gasteiger partial charge in [0.05, 0.1) is 6.54 Å². The molecule has 0 saturated carbocycles. The molecule has 7 heteroatoms. The molecule has 2 aromatic rings. The minimum Gasteiger partial charge on any atom is -0.362 e. The number of benzene rings is 1. The van der Waals surface area contributed by atoms with Gasteiger partial charge in [-0.15, -0.1) is 0 Å². The minimum atomic E-state index is 0.532. The number of aromatic nitrogens is 2. The molecule has 1 heterocycles. The molecule has 0 radical (unpaired) electrons. The van der Waals surface area contributed by atoms with E-state index in [1.54, 1.807) is 10.7 Å². The number of anilines is 1. The second kappa shape index (κ2) is 7.81. The zero-order chi connectivity index (χ0) is 16.1. The molecular weight excluding hydrogens is 339 g/mol. The van der Waals surface area contributed by atoms with E-state index in [9.17, 15) is 0 Å². The SMILES string of the molecule is CC(C)CNC(=S)Nc1ccn(Cc2ccc(Cl)cc2Cl)n1. The zero-order valence-corrected chi connectivity index (χ0v) is 14.8. The van der Waals surface area contributed by atoms with E-state index in [1.165, 1.54) is 0 Å². The molecule has 0 bridgehead atoms. The van der Waals surface area contributed by atoms with Gasteiger partial charge < -0.3 is 10.6 Å². The first kappa shape index (κ1) is 17.1. The van der Waals surface area contributed by atoms with Crippen LogP contribution in [-0.2, 0) is 6.54 Å². The standard InChI is InChI=1S/C15H18Cl2N4S/c1-10(2)8-18-15(22)19-14-5-6-21(20-14)9-11-3-4-12(16)7-13(11)17/h3-7,10H,8-9H2,1-2H3,(H2,18,19,20,22). The number of nitrogens with one attached hydrogen (secondary N) is 2. The van der Waals surface area contributed by atoms with E-state index in [1.807, 2.05) is 24.4 Å². The van der Waals surface area contributed by atoms with Crippen molar-refractivity contribution in [1.29, 1.82) is 0 Å². The molecule has 118 valence electrons. The highest BCUT2D eigenvalue weighted by Gasteiger charge is 2.05. The number of hydrogen-bond donors (Lipinski definition) is 2. The van der Waals surface area contributed by atoms with Crippen LogP contribution in [0.15, 0.2) is 30.5 Å². The Hall–Kier alpha value is -1.30. The van der Waals surface area contributed by atoms with Crippen LogP contribution >= 0.6 is 35.4 Å². The number of halogens is 2. The van der Waals surface area contributed by atoms with Gasteiger partial charge in [0.15, 0.2) is 10.9 Å². The normalized spacial score (nSPS) is 10.8. The van der Waals surface area contributed by atoms with E-state index in [2.05, 4.69) is 29.6 Å². The number of rotatable bonds is 5. The van der Waals surface area contributed by atoms with Gasteiger partial charge in [-0.05, 0) is 35.8 Å². The Balaban J connectivity index is 1.95. The van der Waals surface area contributed by atoms with Crippen molar-refractivity contribution in [2.24, 2.45) is 5.92 Å². The first-order valence-electron chi connectivity index (χ1n) is 6.96. The molecule has 0 aliphatic carbocycles. The molecule has 0 aliphatic rings. The maximum atomic E-state index is 6.17. The highest BCUT2D eigenvalue weighted by Crippen LogP contribution is 2.21. The van der Waals surface area contributed by atoms with E-state index in [0.717, 1.165) is 12.1 Å². The predicted molar refractivity (Wildman–Crippen MR) is 96.9 cm³/mol. The summed E-state index contributed by atoms with van der Waals surface area (Å²) in [6, 6.07) is 7.31. The van der Waals surface area contributed by atoms with Crippen LogP contribution in [0.3, 0.4) is 0 Å². The predicted octanol–water partition coefficient (Wildman–Crippen LogP) is 4.18. The van der Waals surface area contributed by atoms with Crippen LogP contribution in [0.2, 0.25) is 10.0 Å². The zero-order valence-electron chi connectivity index (χ0n) is 12.4. The molecule has 2 rings (SSSR count). The van der Waals surface area contributed by atoms with Crippen LogP contribution in [0.5, 0.6) is 0 Å². The summed E-state index contributed by atoms with van der Waals surface area (Å²) in [7, 11) is 0. The van der Waals surface area contributed by atoms with Gasteiger partial charge >= 0.3 is 0 Å². The number of hydrogen-bond acceptors (Lipinski definition) is 2. The van der Waals surface area contributed by atoms with Gasteiger partial charge in [0.1, 0.15) is 0 Å². The molecule has 1 aromatic carbocycles. The highest BCUT2D eigenvalue weighted by atomic mass is 35.5. The molecule has 0 atom stereocenters. The smallest absolute Gasteiger partial charge is 0.171 e. The van der Waals surface area contributed by atoms with Gasteiger partial charge in [-0.3, -0.25) is 4.68 Å². The van der Waals surface area contributed by atoms with Gasteiger partial charge in [-0.1, -0.05) is 43.1 Å². The van der Waals surface area contributed by atoms with Crippen molar-refractivity contribution in [2.75, 3.05) is 11.9 Å². The third-order valence-corrected chi connectivity index (χ3v) is 3.73. The van der Waals surface area contributed by atoms with E-state index < -0.39 is 0 Å². The second-order valence-electron chi connectivity index (χ2n) is 5.36. The summed E-state index contributed by atoms with van der Waals surface area (Å²) < 4.78 is 1.79. The molecule has 0 fully saturated rings. The maximum absolute atomic E-state index is 6.17. The highest BCUT2D eigenvalue weighted by molar-refractivity contribution is 7.80. The van der Waals surface area contributed by atoms with Gasteiger partial charge in [-0.25, -0.2) is 0 Å². The topological polar surface area (TPSA) is 41.9 Å². The van der Waals surface area contributed by atoms with Gasteiger partial charge in [0.2, 0.25) is 0 Å². The summed E-state index contributed by atoms with van der Waals surface area (Å²) in [5.74, 6) is 1.23. The van der Waals surface area contributed by atoms with E-state index in [0.29, 0.717) is 33.4 Å². The maximum Gasteiger partial charge on any atom is 0.171 e. The summed E-state index contributed by atoms with van der Waals surface area (Å²) in [5.41, 5.74) is 0.959. The van der Waals surface area contributed by atoms with Crippen molar-refractivity contribution < 1.29 is 0 Å². The summed E-state index contributed by atoms with van der Waals surface area (Å²) in [6.45, 7) is 5.65. The fourth-order valence-electron chi connectivity index (χ4n) is 1.80. The summed E-state index contributed by atoms with van der Waals surface area (Å²) in [4.78, 5) is 0. The molecule has 4 nitrogen and oxygen atoms in total. The fourth-order valence-corrected chi connectivity index (χ4v) is 2.45. The average Bonchev–Trinajstić information content (AvgIpc) is 2.87. The Morgan fingerprint density at radius 1 is 1.32 bits per heavy atom. The molecule has 1 aromatic heterocycles.